The van der Waals surface area contributed by atoms with Crippen molar-refractivity contribution < 1.29 is 19.4 Å². The lowest BCUT2D eigenvalue weighted by molar-refractivity contribution is -0.121. The Morgan fingerprint density at radius 2 is 2.00 bits per heavy atom. The zero-order valence-electron chi connectivity index (χ0n) is 11.2. The number of furan rings is 1. The van der Waals surface area contributed by atoms with E-state index in [1.54, 1.807) is 31.2 Å². The topological polar surface area (TPSA) is 82.7 Å². The molecule has 0 aliphatic heterocycles. The Balaban J connectivity index is 1.88. The maximum Gasteiger partial charge on any atom is 0.224 e. The van der Waals surface area contributed by atoms with E-state index in [2.05, 4.69) is 5.32 Å². The number of rotatable bonds is 5. The molecule has 1 aromatic carbocycles. The Kier molecular flexibility index (Phi) is 4.10. The molecule has 3 N–H and O–H groups in total. The van der Waals surface area contributed by atoms with E-state index >= 15 is 0 Å². The second-order valence-electron chi connectivity index (χ2n) is 4.87. The molecule has 0 saturated heterocycles. The molecule has 2 rings (SSSR count). The summed E-state index contributed by atoms with van der Waals surface area (Å²) in [5.74, 6) is 0.361. The third-order valence-corrected chi connectivity index (χ3v) is 2.98. The Hall–Kier alpha value is -2.27. The number of carbonyl (C=O) groups excluding carboxylic acids is 1. The van der Waals surface area contributed by atoms with Crippen molar-refractivity contribution in [2.45, 2.75) is 18.9 Å². The highest BCUT2D eigenvalue weighted by molar-refractivity contribution is 5.78. The number of nitrogens with one attached hydrogen (secondary N) is 1. The molecule has 0 spiro atoms. The van der Waals surface area contributed by atoms with Crippen LogP contribution in [0.15, 0.2) is 47.1 Å². The summed E-state index contributed by atoms with van der Waals surface area (Å²) in [6.07, 6.45) is 1.66. The molecule has 5 nitrogen and oxygen atoms in total. The van der Waals surface area contributed by atoms with Crippen molar-refractivity contribution in [2.24, 2.45) is 0 Å². The van der Waals surface area contributed by atoms with Gasteiger partial charge in [0.2, 0.25) is 5.91 Å². The first kappa shape index (κ1) is 14.1. The van der Waals surface area contributed by atoms with Gasteiger partial charge in [0, 0.05) is 0 Å². The molecule has 5 heteroatoms. The minimum atomic E-state index is -1.24. The third-order valence-electron chi connectivity index (χ3n) is 2.98. The van der Waals surface area contributed by atoms with E-state index in [-0.39, 0.29) is 24.6 Å². The van der Waals surface area contributed by atoms with Crippen molar-refractivity contribution in [3.8, 4) is 5.75 Å². The van der Waals surface area contributed by atoms with Gasteiger partial charge in [-0.2, -0.15) is 0 Å². The fourth-order valence-electron chi connectivity index (χ4n) is 1.80. The predicted octanol–water partition coefficient (Wildman–Crippen LogP) is 1.55. The summed E-state index contributed by atoms with van der Waals surface area (Å²) in [5.41, 5.74) is -0.452. The Labute approximate surface area is 116 Å². The summed E-state index contributed by atoms with van der Waals surface area (Å²) in [6.45, 7) is 1.64. The maximum absolute atomic E-state index is 11.8. The molecular formula is C15H17NO4. The number of hydrogen-bond acceptors (Lipinski definition) is 4. The lowest BCUT2D eigenvalue weighted by Crippen LogP contribution is -2.39. The van der Waals surface area contributed by atoms with E-state index in [0.29, 0.717) is 5.76 Å². The number of phenols is 1. The molecule has 0 saturated carbocycles. The van der Waals surface area contributed by atoms with Gasteiger partial charge in [-0.05, 0) is 36.8 Å². The fourth-order valence-corrected chi connectivity index (χ4v) is 1.80. The molecule has 0 radical (unpaired) electrons. The van der Waals surface area contributed by atoms with Crippen LogP contribution in [0.2, 0.25) is 0 Å². The SMILES string of the molecule is CC(O)(CNC(=O)Cc1ccc(O)cc1)c1ccco1. The van der Waals surface area contributed by atoms with Crippen LogP contribution < -0.4 is 5.32 Å². The molecule has 1 atom stereocenters. The van der Waals surface area contributed by atoms with Gasteiger partial charge in [0.25, 0.3) is 0 Å². The standard InChI is InChI=1S/C15H17NO4/c1-15(19,13-3-2-8-20-13)10-16-14(18)9-11-4-6-12(17)7-5-11/h2-8,17,19H,9-10H2,1H3,(H,16,18). The quantitative estimate of drug-likeness (QED) is 0.773. The lowest BCUT2D eigenvalue weighted by Gasteiger charge is -2.21. The highest BCUT2D eigenvalue weighted by atomic mass is 16.4. The van der Waals surface area contributed by atoms with Crippen LogP contribution in [-0.4, -0.2) is 22.7 Å². The molecule has 1 heterocycles. The van der Waals surface area contributed by atoms with E-state index < -0.39 is 5.60 Å². The van der Waals surface area contributed by atoms with Crippen molar-refractivity contribution in [3.63, 3.8) is 0 Å². The van der Waals surface area contributed by atoms with Gasteiger partial charge in [-0.1, -0.05) is 12.1 Å². The number of carbonyl (C=O) groups is 1. The molecular weight excluding hydrogens is 258 g/mol. The number of aliphatic hydroxyl groups is 1. The summed E-state index contributed by atoms with van der Waals surface area (Å²) in [7, 11) is 0. The largest absolute Gasteiger partial charge is 0.508 e. The third kappa shape index (κ3) is 3.61. The molecule has 0 aliphatic carbocycles. The van der Waals surface area contributed by atoms with Gasteiger partial charge < -0.3 is 19.9 Å². The lowest BCUT2D eigenvalue weighted by atomic mass is 10.0. The molecule has 106 valence electrons. The summed E-state index contributed by atoms with van der Waals surface area (Å²) >= 11 is 0. The van der Waals surface area contributed by atoms with Gasteiger partial charge in [-0.25, -0.2) is 0 Å². The number of phenolic OH excluding ortho intramolecular Hbond substituents is 1. The fraction of sp³-hybridized carbons (Fsp3) is 0.267. The minimum absolute atomic E-state index is 0.0669. The maximum atomic E-state index is 11.8. The van der Waals surface area contributed by atoms with Crippen LogP contribution in [0.4, 0.5) is 0 Å². The zero-order valence-corrected chi connectivity index (χ0v) is 11.2. The first-order valence-electron chi connectivity index (χ1n) is 6.28. The molecule has 0 aliphatic rings. The van der Waals surface area contributed by atoms with Gasteiger partial charge >= 0.3 is 0 Å². The van der Waals surface area contributed by atoms with Crippen LogP contribution in [0.1, 0.15) is 18.2 Å². The van der Waals surface area contributed by atoms with Gasteiger partial charge in [0.15, 0.2) is 0 Å². The van der Waals surface area contributed by atoms with Crippen LogP contribution in [0.5, 0.6) is 5.75 Å². The Morgan fingerprint density at radius 3 is 2.60 bits per heavy atom. The van der Waals surface area contributed by atoms with Crippen molar-refractivity contribution in [2.75, 3.05) is 6.54 Å². The van der Waals surface area contributed by atoms with Crippen LogP contribution in [0, 0.1) is 0 Å². The van der Waals surface area contributed by atoms with E-state index in [4.69, 9.17) is 9.52 Å². The summed E-state index contributed by atoms with van der Waals surface area (Å²) in [4.78, 5) is 11.8. The average molecular weight is 275 g/mol. The minimum Gasteiger partial charge on any atom is -0.508 e. The van der Waals surface area contributed by atoms with Crippen LogP contribution in [0.3, 0.4) is 0 Å². The van der Waals surface area contributed by atoms with Crippen LogP contribution >= 0.6 is 0 Å². The average Bonchev–Trinajstić information content (AvgIpc) is 2.94. The molecule has 20 heavy (non-hydrogen) atoms. The summed E-state index contributed by atoms with van der Waals surface area (Å²) < 4.78 is 5.13. The first-order valence-corrected chi connectivity index (χ1v) is 6.28. The van der Waals surface area contributed by atoms with Crippen molar-refractivity contribution >= 4 is 5.91 Å². The number of aromatic hydroxyl groups is 1. The predicted molar refractivity (Wildman–Crippen MR) is 73.1 cm³/mol. The van der Waals surface area contributed by atoms with Crippen molar-refractivity contribution in [1.82, 2.24) is 5.32 Å². The van der Waals surface area contributed by atoms with E-state index in [1.807, 2.05) is 0 Å². The van der Waals surface area contributed by atoms with Crippen molar-refractivity contribution in [3.05, 3.63) is 54.0 Å². The van der Waals surface area contributed by atoms with E-state index in [9.17, 15) is 9.90 Å². The normalized spacial score (nSPS) is 13.7. The Bertz CT molecular complexity index is 558. The van der Waals surface area contributed by atoms with Crippen molar-refractivity contribution in [1.29, 1.82) is 0 Å². The Morgan fingerprint density at radius 1 is 1.30 bits per heavy atom. The van der Waals surface area contributed by atoms with E-state index in [1.165, 1.54) is 18.4 Å². The highest BCUT2D eigenvalue weighted by Gasteiger charge is 2.26. The molecule has 0 bridgehead atoms. The summed E-state index contributed by atoms with van der Waals surface area (Å²) in [6, 6.07) is 9.76. The highest BCUT2D eigenvalue weighted by Crippen LogP contribution is 2.19. The number of hydrogen-bond donors (Lipinski definition) is 3. The smallest absolute Gasteiger partial charge is 0.224 e. The van der Waals surface area contributed by atoms with Gasteiger partial charge in [-0.15, -0.1) is 0 Å². The van der Waals surface area contributed by atoms with Crippen LogP contribution in [0.25, 0.3) is 0 Å². The van der Waals surface area contributed by atoms with E-state index in [0.717, 1.165) is 5.56 Å². The second kappa shape index (κ2) is 5.79. The number of amides is 1. The molecule has 0 fully saturated rings. The molecule has 1 aromatic heterocycles. The molecule has 2 aromatic rings. The summed E-state index contributed by atoms with van der Waals surface area (Å²) in [5, 5.41) is 22.0. The molecule has 1 amide bonds. The first-order chi connectivity index (χ1) is 9.47. The van der Waals surface area contributed by atoms with Gasteiger partial charge in [0.1, 0.15) is 17.1 Å². The van der Waals surface area contributed by atoms with Gasteiger partial charge in [0.05, 0.1) is 19.2 Å². The zero-order chi connectivity index (χ0) is 14.6. The molecule has 1 unspecified atom stereocenters. The second-order valence-corrected chi connectivity index (χ2v) is 4.87. The number of benzene rings is 1. The monoisotopic (exact) mass is 275 g/mol. The van der Waals surface area contributed by atoms with Crippen LogP contribution in [-0.2, 0) is 16.8 Å². The van der Waals surface area contributed by atoms with Gasteiger partial charge in [-0.3, -0.25) is 4.79 Å².